The van der Waals surface area contributed by atoms with E-state index in [2.05, 4.69) is 36.1 Å². The minimum atomic E-state index is 0.308. The van der Waals surface area contributed by atoms with Crippen molar-refractivity contribution in [3.63, 3.8) is 0 Å². The van der Waals surface area contributed by atoms with E-state index in [1.54, 1.807) is 0 Å². The summed E-state index contributed by atoms with van der Waals surface area (Å²) in [6.45, 7) is 6.42. The van der Waals surface area contributed by atoms with E-state index in [-0.39, 0.29) is 0 Å². The van der Waals surface area contributed by atoms with E-state index >= 15 is 0 Å². The van der Waals surface area contributed by atoms with Crippen molar-refractivity contribution in [1.82, 2.24) is 9.88 Å². The van der Waals surface area contributed by atoms with Crippen molar-refractivity contribution >= 4 is 5.82 Å². The summed E-state index contributed by atoms with van der Waals surface area (Å²) in [6, 6.07) is 6.28. The highest BCUT2D eigenvalue weighted by Gasteiger charge is 2.18. The van der Waals surface area contributed by atoms with Crippen molar-refractivity contribution < 1.29 is 4.74 Å². The lowest BCUT2D eigenvalue weighted by atomic mass is 10.1. The molecule has 100 valence electrons. The Morgan fingerprint density at radius 3 is 2.72 bits per heavy atom. The molecule has 0 amide bonds. The fourth-order valence-corrected chi connectivity index (χ4v) is 2.13. The molecule has 2 heterocycles. The molecule has 1 N–H and O–H groups in total. The van der Waals surface area contributed by atoms with Crippen LogP contribution < -0.4 is 10.1 Å². The maximum absolute atomic E-state index is 5.95. The van der Waals surface area contributed by atoms with Gasteiger partial charge in [0.15, 0.2) is 0 Å². The van der Waals surface area contributed by atoms with Crippen molar-refractivity contribution in [2.75, 3.05) is 25.5 Å². The van der Waals surface area contributed by atoms with Crippen molar-refractivity contribution in [3.8, 4) is 5.88 Å². The fourth-order valence-electron chi connectivity index (χ4n) is 2.13. The molecule has 0 bridgehead atoms. The Morgan fingerprint density at radius 1 is 1.33 bits per heavy atom. The number of ether oxygens (including phenoxy) is 1. The molecule has 18 heavy (non-hydrogen) atoms. The highest BCUT2D eigenvalue weighted by Crippen LogP contribution is 2.18. The van der Waals surface area contributed by atoms with Gasteiger partial charge in [-0.1, -0.05) is 6.07 Å². The Balaban J connectivity index is 1.92. The lowest BCUT2D eigenvalue weighted by Crippen LogP contribution is -2.35. The molecule has 0 radical (unpaired) electrons. The Bertz CT molecular complexity index is 373. The highest BCUT2D eigenvalue weighted by atomic mass is 16.5. The van der Waals surface area contributed by atoms with Gasteiger partial charge in [0.25, 0.3) is 0 Å². The third kappa shape index (κ3) is 3.88. The molecule has 0 aromatic carbocycles. The first-order chi connectivity index (χ1) is 8.63. The average molecular weight is 249 g/mol. The van der Waals surface area contributed by atoms with E-state index in [0.29, 0.717) is 12.1 Å². The molecular weight excluding hydrogens is 226 g/mol. The van der Waals surface area contributed by atoms with E-state index in [9.17, 15) is 0 Å². The smallest absolute Gasteiger partial charge is 0.215 e. The SMILES string of the molecule is CC(C)Nc1cccc(OC2CCN(C)CC2)n1. The van der Waals surface area contributed by atoms with Crippen LogP contribution in [0.4, 0.5) is 5.82 Å². The minimum absolute atomic E-state index is 0.308. The number of piperidine rings is 1. The molecule has 2 rings (SSSR count). The summed E-state index contributed by atoms with van der Waals surface area (Å²) in [5, 5.41) is 3.29. The number of likely N-dealkylation sites (tertiary alicyclic amines) is 1. The van der Waals surface area contributed by atoms with Crippen LogP contribution in [-0.2, 0) is 0 Å². The van der Waals surface area contributed by atoms with Crippen LogP contribution in [0.2, 0.25) is 0 Å². The monoisotopic (exact) mass is 249 g/mol. The van der Waals surface area contributed by atoms with Gasteiger partial charge in [-0.15, -0.1) is 0 Å². The van der Waals surface area contributed by atoms with Crippen LogP contribution in [0.5, 0.6) is 5.88 Å². The van der Waals surface area contributed by atoms with Gasteiger partial charge in [-0.05, 0) is 39.8 Å². The standard InChI is InChI=1S/C14H23N3O/c1-11(2)15-13-5-4-6-14(16-13)18-12-7-9-17(3)10-8-12/h4-6,11-12H,7-10H2,1-3H3,(H,15,16). The number of rotatable bonds is 4. The van der Waals surface area contributed by atoms with Crippen LogP contribution in [0, 0.1) is 0 Å². The van der Waals surface area contributed by atoms with Gasteiger partial charge >= 0.3 is 0 Å². The maximum Gasteiger partial charge on any atom is 0.215 e. The number of aromatic nitrogens is 1. The summed E-state index contributed by atoms with van der Waals surface area (Å²) >= 11 is 0. The Hall–Kier alpha value is -1.29. The number of pyridine rings is 1. The van der Waals surface area contributed by atoms with E-state index in [1.807, 2.05) is 18.2 Å². The van der Waals surface area contributed by atoms with Crippen LogP contribution in [0.15, 0.2) is 18.2 Å². The first-order valence-corrected chi connectivity index (χ1v) is 6.72. The van der Waals surface area contributed by atoms with Gasteiger partial charge in [0.05, 0.1) is 0 Å². The van der Waals surface area contributed by atoms with Crippen LogP contribution in [0.3, 0.4) is 0 Å². The Morgan fingerprint density at radius 2 is 2.06 bits per heavy atom. The first-order valence-electron chi connectivity index (χ1n) is 6.72. The van der Waals surface area contributed by atoms with E-state index < -0.39 is 0 Å². The zero-order valence-electron chi connectivity index (χ0n) is 11.5. The summed E-state index contributed by atoms with van der Waals surface area (Å²) in [4.78, 5) is 6.82. The predicted octanol–water partition coefficient (Wildman–Crippen LogP) is 2.37. The highest BCUT2D eigenvalue weighted by molar-refractivity contribution is 5.37. The molecule has 0 unspecified atom stereocenters. The van der Waals surface area contributed by atoms with Gasteiger partial charge in [-0.3, -0.25) is 0 Å². The van der Waals surface area contributed by atoms with Gasteiger partial charge < -0.3 is 15.0 Å². The predicted molar refractivity (Wildman–Crippen MR) is 74.1 cm³/mol. The fraction of sp³-hybridized carbons (Fsp3) is 0.643. The summed E-state index contributed by atoms with van der Waals surface area (Å²) < 4.78 is 5.95. The van der Waals surface area contributed by atoms with Gasteiger partial charge in [0.1, 0.15) is 11.9 Å². The molecule has 0 spiro atoms. The molecule has 1 fully saturated rings. The topological polar surface area (TPSA) is 37.4 Å². The van der Waals surface area contributed by atoms with Crippen LogP contribution in [0.1, 0.15) is 26.7 Å². The molecule has 0 aliphatic carbocycles. The van der Waals surface area contributed by atoms with Crippen LogP contribution in [0.25, 0.3) is 0 Å². The lowest BCUT2D eigenvalue weighted by molar-refractivity contribution is 0.110. The van der Waals surface area contributed by atoms with Gasteiger partial charge in [0, 0.05) is 25.2 Å². The van der Waals surface area contributed by atoms with Crippen molar-refractivity contribution in [1.29, 1.82) is 0 Å². The largest absolute Gasteiger partial charge is 0.474 e. The minimum Gasteiger partial charge on any atom is -0.474 e. The Kier molecular flexibility index (Phi) is 4.42. The quantitative estimate of drug-likeness (QED) is 0.889. The number of nitrogens with zero attached hydrogens (tertiary/aromatic N) is 2. The van der Waals surface area contributed by atoms with Gasteiger partial charge in [0.2, 0.25) is 5.88 Å². The average Bonchev–Trinajstić information content (AvgIpc) is 2.32. The molecule has 1 saturated heterocycles. The number of hydrogen-bond acceptors (Lipinski definition) is 4. The van der Waals surface area contributed by atoms with Crippen molar-refractivity contribution in [2.45, 2.75) is 38.8 Å². The van der Waals surface area contributed by atoms with Crippen molar-refractivity contribution in [3.05, 3.63) is 18.2 Å². The second-order valence-electron chi connectivity index (χ2n) is 5.28. The summed E-state index contributed by atoms with van der Waals surface area (Å²) in [7, 11) is 2.15. The summed E-state index contributed by atoms with van der Waals surface area (Å²) in [6.07, 6.45) is 2.48. The van der Waals surface area contributed by atoms with Crippen LogP contribution >= 0.6 is 0 Å². The second kappa shape index (κ2) is 6.05. The molecular formula is C14H23N3O. The third-order valence-corrected chi connectivity index (χ3v) is 3.11. The molecule has 4 heteroatoms. The molecule has 1 aromatic heterocycles. The third-order valence-electron chi connectivity index (χ3n) is 3.11. The molecule has 1 aromatic rings. The molecule has 0 atom stereocenters. The second-order valence-corrected chi connectivity index (χ2v) is 5.28. The summed E-state index contributed by atoms with van der Waals surface area (Å²) in [5.74, 6) is 1.62. The number of anilines is 1. The van der Waals surface area contributed by atoms with E-state index in [1.165, 1.54) is 0 Å². The van der Waals surface area contributed by atoms with Crippen molar-refractivity contribution in [2.24, 2.45) is 0 Å². The molecule has 0 saturated carbocycles. The molecule has 1 aliphatic rings. The van der Waals surface area contributed by atoms with Gasteiger partial charge in [-0.2, -0.15) is 4.98 Å². The van der Waals surface area contributed by atoms with E-state index in [4.69, 9.17) is 4.74 Å². The van der Waals surface area contributed by atoms with Crippen LogP contribution in [-0.4, -0.2) is 42.2 Å². The zero-order chi connectivity index (χ0) is 13.0. The zero-order valence-corrected chi connectivity index (χ0v) is 11.5. The first kappa shape index (κ1) is 13.1. The maximum atomic E-state index is 5.95. The molecule has 4 nitrogen and oxygen atoms in total. The number of hydrogen-bond donors (Lipinski definition) is 1. The lowest BCUT2D eigenvalue weighted by Gasteiger charge is -2.29. The van der Waals surface area contributed by atoms with E-state index in [0.717, 1.165) is 37.6 Å². The number of nitrogens with one attached hydrogen (secondary N) is 1. The molecule has 1 aliphatic heterocycles. The Labute approximate surface area is 109 Å². The van der Waals surface area contributed by atoms with Gasteiger partial charge in [-0.25, -0.2) is 0 Å². The normalized spacial score (nSPS) is 18.0. The summed E-state index contributed by atoms with van der Waals surface area (Å²) in [5.41, 5.74) is 0.